The molecule has 1 radical (unpaired) electrons. The third-order valence-corrected chi connectivity index (χ3v) is 9.05. The number of rotatable bonds is 3. The van der Waals surface area contributed by atoms with Crippen molar-refractivity contribution in [1.29, 1.82) is 0 Å². The molecule has 221 valence electrons. The molecule has 0 spiro atoms. The van der Waals surface area contributed by atoms with Crippen molar-refractivity contribution in [3.8, 4) is 22.6 Å². The van der Waals surface area contributed by atoms with Crippen molar-refractivity contribution >= 4 is 22.3 Å². The van der Waals surface area contributed by atoms with Crippen LogP contribution in [-0.4, -0.2) is 20.6 Å². The van der Waals surface area contributed by atoms with Gasteiger partial charge in [0.15, 0.2) is 0 Å². The van der Waals surface area contributed by atoms with Crippen molar-refractivity contribution in [2.24, 2.45) is 5.92 Å². The molecule has 5 heteroatoms. The average molecular weight is 743 g/mol. The van der Waals surface area contributed by atoms with E-state index in [4.69, 9.17) is 4.98 Å². The Kier molecular flexibility index (Phi) is 8.15. The molecule has 5 aromatic rings. The van der Waals surface area contributed by atoms with Crippen LogP contribution in [0, 0.1) is 18.1 Å². The number of benzene rings is 3. The van der Waals surface area contributed by atoms with Gasteiger partial charge in [0.05, 0.1) is 22.4 Å². The van der Waals surface area contributed by atoms with Gasteiger partial charge in [0.2, 0.25) is 0 Å². The summed E-state index contributed by atoms with van der Waals surface area (Å²) in [4.78, 5) is 11.9. The van der Waals surface area contributed by atoms with Gasteiger partial charge >= 0.3 is 0 Å². The number of hydrogen-bond acceptors (Lipinski definition) is 3. The summed E-state index contributed by atoms with van der Waals surface area (Å²) in [6.45, 7) is 10.00. The number of fused-ring (bicyclic) bond motifs is 3. The molecule has 0 bridgehead atoms. The number of allylic oxidation sites excluding steroid dienone is 2. The van der Waals surface area contributed by atoms with Gasteiger partial charge in [-0.05, 0) is 81.1 Å². The quantitative estimate of drug-likeness (QED) is 0.173. The van der Waals surface area contributed by atoms with E-state index >= 15 is 0 Å². The molecule has 0 saturated heterocycles. The predicted molar refractivity (Wildman–Crippen MR) is 173 cm³/mol. The Balaban J connectivity index is 0.000000161. The molecule has 0 amide bonds. The second-order valence-corrected chi connectivity index (χ2v) is 12.6. The van der Waals surface area contributed by atoms with Crippen molar-refractivity contribution in [3.63, 3.8) is 0 Å². The zero-order chi connectivity index (χ0) is 28.8. The molecule has 4 nitrogen and oxygen atoms in total. The van der Waals surface area contributed by atoms with Crippen LogP contribution in [0.1, 0.15) is 64.5 Å². The molecule has 3 aromatic carbocycles. The normalized spacial score (nSPS) is 16.6. The molecule has 8 rings (SSSR count). The first-order chi connectivity index (χ1) is 20.4. The molecular formula is C38H38IrN4-2. The zero-order valence-electron chi connectivity index (χ0n) is 25.4. The number of hydrogen-bond donors (Lipinski definition) is 0. The Hall–Kier alpha value is -3.53. The van der Waals surface area contributed by atoms with Crippen LogP contribution in [0.25, 0.3) is 39.3 Å². The van der Waals surface area contributed by atoms with Gasteiger partial charge in [0, 0.05) is 44.5 Å². The number of imidazole rings is 1. The smallest absolute Gasteiger partial charge is 0.0777 e. The van der Waals surface area contributed by atoms with Gasteiger partial charge in [-0.15, -0.1) is 65.7 Å². The Morgan fingerprint density at radius 2 is 1.72 bits per heavy atom. The van der Waals surface area contributed by atoms with Crippen LogP contribution in [0.3, 0.4) is 0 Å². The van der Waals surface area contributed by atoms with E-state index in [1.165, 1.54) is 48.0 Å². The van der Waals surface area contributed by atoms with E-state index in [-0.39, 0.29) is 25.6 Å². The Morgan fingerprint density at radius 3 is 2.49 bits per heavy atom. The molecular weight excluding hydrogens is 705 g/mol. The maximum atomic E-state index is 5.01. The third kappa shape index (κ3) is 5.28. The molecule has 4 heterocycles. The fourth-order valence-electron chi connectivity index (χ4n) is 7.11. The summed E-state index contributed by atoms with van der Waals surface area (Å²) < 4.78 is 2.42. The number of nitrogens with zero attached hydrogens (tertiary/aromatic N) is 4. The maximum Gasteiger partial charge on any atom is 0.0777 e. The van der Waals surface area contributed by atoms with Crippen molar-refractivity contribution in [2.75, 3.05) is 4.90 Å². The van der Waals surface area contributed by atoms with Gasteiger partial charge in [-0.1, -0.05) is 37.1 Å². The minimum Gasteiger partial charge on any atom is -0.405 e. The van der Waals surface area contributed by atoms with Crippen LogP contribution >= 0.6 is 0 Å². The molecule has 1 fully saturated rings. The molecule has 2 aromatic heterocycles. The topological polar surface area (TPSA) is 34.0 Å². The van der Waals surface area contributed by atoms with Gasteiger partial charge in [0.1, 0.15) is 0 Å². The molecule has 3 aliphatic rings. The Labute approximate surface area is 269 Å². The third-order valence-electron chi connectivity index (χ3n) is 9.05. The Bertz CT molecular complexity index is 1780. The van der Waals surface area contributed by atoms with Crippen LogP contribution in [0.5, 0.6) is 0 Å². The molecule has 1 aliphatic carbocycles. The molecule has 2 aliphatic heterocycles. The summed E-state index contributed by atoms with van der Waals surface area (Å²) >= 11 is 0. The van der Waals surface area contributed by atoms with E-state index in [0.717, 1.165) is 34.7 Å². The van der Waals surface area contributed by atoms with Crippen LogP contribution < -0.4 is 4.90 Å². The van der Waals surface area contributed by atoms with Crippen LogP contribution in [0.2, 0.25) is 0 Å². The fraction of sp³-hybridized carbons (Fsp3) is 0.316. The first kappa shape index (κ1) is 29.5. The van der Waals surface area contributed by atoms with Gasteiger partial charge in [-0.25, -0.2) is 0 Å². The van der Waals surface area contributed by atoms with E-state index in [2.05, 4.69) is 103 Å². The fourth-order valence-corrected chi connectivity index (χ4v) is 7.11. The number of anilines is 1. The summed E-state index contributed by atoms with van der Waals surface area (Å²) in [5.41, 5.74) is 11.1. The summed E-state index contributed by atoms with van der Waals surface area (Å²) in [7, 11) is 0. The second kappa shape index (κ2) is 11.9. The van der Waals surface area contributed by atoms with Gasteiger partial charge in [0.25, 0.3) is 0 Å². The zero-order valence-corrected chi connectivity index (χ0v) is 27.8. The van der Waals surface area contributed by atoms with Crippen LogP contribution in [0.4, 0.5) is 5.69 Å². The van der Waals surface area contributed by atoms with E-state index in [1.807, 2.05) is 36.5 Å². The van der Waals surface area contributed by atoms with Crippen LogP contribution in [0.15, 0.2) is 85.1 Å². The predicted octanol–water partition coefficient (Wildman–Crippen LogP) is 9.10. The average Bonchev–Trinajstić information content (AvgIpc) is 3.69. The van der Waals surface area contributed by atoms with E-state index in [9.17, 15) is 0 Å². The van der Waals surface area contributed by atoms with Crippen molar-refractivity contribution in [1.82, 2.24) is 14.5 Å². The van der Waals surface area contributed by atoms with Crippen LogP contribution in [-0.2, 0) is 32.2 Å². The summed E-state index contributed by atoms with van der Waals surface area (Å²) in [5.74, 6) is 1.73. The monoisotopic (exact) mass is 743 g/mol. The molecule has 43 heavy (non-hydrogen) atoms. The van der Waals surface area contributed by atoms with Gasteiger partial charge < -0.3 is 14.5 Å². The van der Waals surface area contributed by atoms with E-state index in [0.29, 0.717) is 12.0 Å². The molecule has 1 saturated carbocycles. The maximum absolute atomic E-state index is 5.01. The summed E-state index contributed by atoms with van der Waals surface area (Å²) in [6.07, 6.45) is 9.73. The van der Waals surface area contributed by atoms with Crippen molar-refractivity contribution < 1.29 is 20.1 Å². The molecule has 0 unspecified atom stereocenters. The number of aromatic nitrogens is 3. The van der Waals surface area contributed by atoms with Crippen molar-refractivity contribution in [2.45, 2.75) is 71.5 Å². The molecule has 0 atom stereocenters. The largest absolute Gasteiger partial charge is 0.405 e. The number of pyridine rings is 1. The summed E-state index contributed by atoms with van der Waals surface area (Å²) in [6, 6.07) is 32.2. The Morgan fingerprint density at radius 1 is 0.907 bits per heavy atom. The summed E-state index contributed by atoms with van der Waals surface area (Å²) in [5, 5.41) is 0. The van der Waals surface area contributed by atoms with Crippen molar-refractivity contribution in [3.05, 3.63) is 108 Å². The first-order valence-corrected chi connectivity index (χ1v) is 15.4. The first-order valence-electron chi connectivity index (χ1n) is 15.4. The molecule has 0 N–H and O–H groups in total. The van der Waals surface area contributed by atoms with Gasteiger partial charge in [-0.2, -0.15) is 0 Å². The van der Waals surface area contributed by atoms with E-state index < -0.39 is 0 Å². The second-order valence-electron chi connectivity index (χ2n) is 12.6. The van der Waals surface area contributed by atoms with E-state index in [1.54, 1.807) is 5.57 Å². The van der Waals surface area contributed by atoms with Gasteiger partial charge in [-0.3, -0.25) is 4.98 Å². The number of para-hydroxylation sites is 1. The minimum atomic E-state index is -0.0833. The standard InChI is InChI=1S/C23H23N2.C15H15N2.Ir/c1-23(2)15-19(16-9-6-7-10-16)18-13-8-14-20-21(18)25(23)22(24-20)17-11-4-3-5-12-17;1-11(2)17-10-12-6-5-9-16-15(12)13-7-3-4-8-14(13)17;/h3-5,8,11,13-16H,6-7,9-10H2,1-2H3;3-6,8-9,11H,10H2,1-2H3;/q2*-1;. The minimum absolute atomic E-state index is 0. The SMILES string of the molecule is CC(C)N1Cc2cccnc2-c2[c-]cccc21.CC1(C)C=C(C2CCCC2)c2cccc3nc(-c4[c-]cccc4)n1c23.[Ir].